The third-order valence-electron chi connectivity index (χ3n) is 6.43. The molecule has 1 saturated heterocycles. The van der Waals surface area contributed by atoms with Crippen LogP contribution in [-0.2, 0) is 9.59 Å². The van der Waals surface area contributed by atoms with Crippen molar-refractivity contribution >= 4 is 46.7 Å². The minimum absolute atomic E-state index is 0.124. The summed E-state index contributed by atoms with van der Waals surface area (Å²) in [5.41, 5.74) is 1.54. The molecule has 0 N–H and O–H groups in total. The number of hydrazine groups is 1. The molecule has 1 heterocycles. The summed E-state index contributed by atoms with van der Waals surface area (Å²) >= 11 is 12.2. The number of benzene rings is 2. The lowest BCUT2D eigenvalue weighted by Crippen LogP contribution is -2.57. The number of ketones is 1. The first-order valence-corrected chi connectivity index (χ1v) is 11.9. The van der Waals surface area contributed by atoms with Gasteiger partial charge in [-0.05, 0) is 44.4 Å². The van der Waals surface area contributed by atoms with Crippen molar-refractivity contribution in [2.75, 3.05) is 0 Å². The highest BCUT2D eigenvalue weighted by Gasteiger charge is 2.53. The maximum atomic E-state index is 13.8. The van der Waals surface area contributed by atoms with Gasteiger partial charge in [-0.3, -0.25) is 19.2 Å². The highest BCUT2D eigenvalue weighted by atomic mass is 35.5. The molecule has 0 saturated carbocycles. The van der Waals surface area contributed by atoms with Gasteiger partial charge in [-0.25, -0.2) is 5.01 Å². The number of nitrogens with zero attached hydrogens (tertiary/aromatic N) is 2. The molecule has 1 fully saturated rings. The Balaban J connectivity index is 1.80. The van der Waals surface area contributed by atoms with Crippen LogP contribution in [0.25, 0.3) is 0 Å². The van der Waals surface area contributed by atoms with Crippen LogP contribution < -0.4 is 0 Å². The number of imide groups is 1. The highest BCUT2D eigenvalue weighted by molar-refractivity contribution is 6.42. The SMILES string of the molecule is CC[C@H](C(=O)c1ccccc1)N(C(=O)c1ccc(Cl)c(Cl)c1)N1C(=O)[C@@H]2CC=C(C)C[C@H]2C1=O. The molecule has 34 heavy (non-hydrogen) atoms. The first kappa shape index (κ1) is 24.2. The number of allylic oxidation sites excluding steroid dienone is 2. The van der Waals surface area contributed by atoms with E-state index in [2.05, 4.69) is 0 Å². The molecule has 2 aromatic carbocycles. The van der Waals surface area contributed by atoms with Crippen molar-refractivity contribution in [1.82, 2.24) is 10.0 Å². The zero-order chi connectivity index (χ0) is 24.6. The first-order chi connectivity index (χ1) is 16.2. The lowest BCUT2D eigenvalue weighted by molar-refractivity contribution is -0.156. The highest BCUT2D eigenvalue weighted by Crippen LogP contribution is 2.39. The van der Waals surface area contributed by atoms with Crippen LogP contribution in [0.2, 0.25) is 10.0 Å². The molecule has 0 unspecified atom stereocenters. The average Bonchev–Trinajstić information content (AvgIpc) is 3.08. The normalized spacial score (nSPS) is 20.6. The molecule has 4 rings (SSSR count). The fourth-order valence-corrected chi connectivity index (χ4v) is 4.93. The summed E-state index contributed by atoms with van der Waals surface area (Å²) in [5.74, 6) is -3.06. The quantitative estimate of drug-likeness (QED) is 0.305. The Morgan fingerprint density at radius 3 is 2.32 bits per heavy atom. The van der Waals surface area contributed by atoms with Crippen molar-refractivity contribution in [3.05, 3.63) is 81.4 Å². The van der Waals surface area contributed by atoms with Gasteiger partial charge in [0.05, 0.1) is 21.9 Å². The van der Waals surface area contributed by atoms with Gasteiger partial charge in [0.1, 0.15) is 6.04 Å². The molecule has 6 nitrogen and oxygen atoms in total. The molecule has 0 spiro atoms. The Hall–Kier alpha value is -2.96. The largest absolute Gasteiger partial charge is 0.292 e. The van der Waals surface area contributed by atoms with E-state index in [-0.39, 0.29) is 27.8 Å². The lowest BCUT2D eigenvalue weighted by Gasteiger charge is -2.36. The zero-order valence-electron chi connectivity index (χ0n) is 18.8. The Morgan fingerprint density at radius 1 is 1.00 bits per heavy atom. The van der Waals surface area contributed by atoms with Crippen LogP contribution >= 0.6 is 23.2 Å². The molecular weight excluding hydrogens is 475 g/mol. The number of amides is 3. The Morgan fingerprint density at radius 2 is 1.68 bits per heavy atom. The van der Waals surface area contributed by atoms with Gasteiger partial charge in [-0.1, -0.05) is 72.1 Å². The van der Waals surface area contributed by atoms with E-state index in [1.807, 2.05) is 13.0 Å². The second-order valence-electron chi connectivity index (χ2n) is 8.62. The summed E-state index contributed by atoms with van der Waals surface area (Å²) in [7, 11) is 0. The number of carbonyl (C=O) groups is 4. The van der Waals surface area contributed by atoms with Gasteiger partial charge in [0.2, 0.25) is 0 Å². The fourth-order valence-electron chi connectivity index (χ4n) is 4.63. The van der Waals surface area contributed by atoms with Gasteiger partial charge < -0.3 is 0 Å². The number of halogens is 2. The van der Waals surface area contributed by atoms with Gasteiger partial charge >= 0.3 is 0 Å². The van der Waals surface area contributed by atoms with Crippen molar-refractivity contribution in [2.45, 2.75) is 39.2 Å². The molecule has 1 aliphatic heterocycles. The Labute approximate surface area is 208 Å². The molecule has 2 aromatic rings. The molecular formula is C26H24Cl2N2O4. The summed E-state index contributed by atoms with van der Waals surface area (Å²) in [6.07, 6.45) is 3.03. The van der Waals surface area contributed by atoms with Crippen LogP contribution in [-0.4, -0.2) is 39.6 Å². The molecule has 0 aromatic heterocycles. The maximum Gasteiger partial charge on any atom is 0.273 e. The molecule has 0 bridgehead atoms. The van der Waals surface area contributed by atoms with E-state index in [0.717, 1.165) is 15.6 Å². The molecule has 2 aliphatic rings. The van der Waals surface area contributed by atoms with E-state index in [4.69, 9.17) is 23.2 Å². The molecule has 3 amide bonds. The maximum absolute atomic E-state index is 13.8. The molecule has 8 heteroatoms. The van der Waals surface area contributed by atoms with Crippen LogP contribution in [0.1, 0.15) is 53.8 Å². The van der Waals surface area contributed by atoms with Crippen LogP contribution in [0.5, 0.6) is 0 Å². The molecule has 0 radical (unpaired) electrons. The Kier molecular flexibility index (Phi) is 6.91. The molecule has 1 aliphatic carbocycles. The predicted octanol–water partition coefficient (Wildman–Crippen LogP) is 5.35. The predicted molar refractivity (Wildman–Crippen MR) is 129 cm³/mol. The first-order valence-electron chi connectivity index (χ1n) is 11.2. The number of fused-ring (bicyclic) bond motifs is 1. The summed E-state index contributed by atoms with van der Waals surface area (Å²) < 4.78 is 0. The van der Waals surface area contributed by atoms with E-state index in [1.54, 1.807) is 37.3 Å². The van der Waals surface area contributed by atoms with Crippen LogP contribution in [0.15, 0.2) is 60.2 Å². The van der Waals surface area contributed by atoms with Gasteiger partial charge in [-0.15, -0.1) is 0 Å². The number of rotatable bonds is 6. The van der Waals surface area contributed by atoms with Gasteiger partial charge in [0, 0.05) is 11.1 Å². The average molecular weight is 499 g/mol. The number of Topliss-reactive ketones (excluding diaryl/α,β-unsaturated/α-hetero) is 1. The van der Waals surface area contributed by atoms with E-state index >= 15 is 0 Å². The van der Waals surface area contributed by atoms with Crippen LogP contribution in [0.3, 0.4) is 0 Å². The van der Waals surface area contributed by atoms with E-state index < -0.39 is 35.6 Å². The topological polar surface area (TPSA) is 74.8 Å². The second-order valence-corrected chi connectivity index (χ2v) is 9.44. The minimum Gasteiger partial charge on any atom is -0.292 e. The van der Waals surface area contributed by atoms with Gasteiger partial charge in [-0.2, -0.15) is 5.01 Å². The van der Waals surface area contributed by atoms with Crippen molar-refractivity contribution in [1.29, 1.82) is 0 Å². The smallest absolute Gasteiger partial charge is 0.273 e. The number of hydrogen-bond donors (Lipinski definition) is 0. The second kappa shape index (κ2) is 9.72. The standard InChI is InChI=1S/C26H24Cl2N2O4/c1-3-22(23(31)16-7-5-4-6-8-16)29(24(32)17-10-12-20(27)21(28)14-17)30-25(33)18-11-9-15(2)13-19(18)26(30)34/h4-10,12,14,18-19,22H,3,11,13H2,1-2H3/t18-,19-,22-/m1/s1. The third-order valence-corrected chi connectivity index (χ3v) is 7.17. The summed E-state index contributed by atoms with van der Waals surface area (Å²) in [5, 5.41) is 2.36. The monoisotopic (exact) mass is 498 g/mol. The molecule has 176 valence electrons. The zero-order valence-corrected chi connectivity index (χ0v) is 20.3. The van der Waals surface area contributed by atoms with Crippen LogP contribution in [0.4, 0.5) is 0 Å². The van der Waals surface area contributed by atoms with E-state index in [0.29, 0.717) is 18.4 Å². The van der Waals surface area contributed by atoms with Gasteiger partial charge in [0.15, 0.2) is 5.78 Å². The van der Waals surface area contributed by atoms with Crippen molar-refractivity contribution < 1.29 is 19.2 Å². The van der Waals surface area contributed by atoms with Crippen molar-refractivity contribution in [3.8, 4) is 0 Å². The summed E-state index contributed by atoms with van der Waals surface area (Å²) in [6.45, 7) is 3.66. The summed E-state index contributed by atoms with van der Waals surface area (Å²) in [6, 6.07) is 11.8. The lowest BCUT2D eigenvalue weighted by atomic mass is 9.82. The van der Waals surface area contributed by atoms with E-state index in [1.165, 1.54) is 18.2 Å². The fraction of sp³-hybridized carbons (Fsp3) is 0.308. The van der Waals surface area contributed by atoms with Gasteiger partial charge in [0.25, 0.3) is 17.7 Å². The van der Waals surface area contributed by atoms with Crippen molar-refractivity contribution in [3.63, 3.8) is 0 Å². The van der Waals surface area contributed by atoms with Crippen LogP contribution in [0, 0.1) is 11.8 Å². The molecule has 3 atom stereocenters. The third kappa shape index (κ3) is 4.28. The number of carbonyl (C=O) groups excluding carboxylic acids is 4. The number of hydrogen-bond acceptors (Lipinski definition) is 4. The van der Waals surface area contributed by atoms with Crippen molar-refractivity contribution in [2.24, 2.45) is 11.8 Å². The minimum atomic E-state index is -1.06. The summed E-state index contributed by atoms with van der Waals surface area (Å²) in [4.78, 5) is 54.3. The van der Waals surface area contributed by atoms with E-state index in [9.17, 15) is 19.2 Å². The Bertz CT molecular complexity index is 1190.